The van der Waals surface area contributed by atoms with Crippen molar-refractivity contribution in [2.75, 3.05) is 13.1 Å². The number of likely N-dealkylation sites (tertiary alicyclic amines) is 1. The maximum atomic E-state index is 12.9. The van der Waals surface area contributed by atoms with Gasteiger partial charge in [0.05, 0.1) is 0 Å². The Balaban J connectivity index is 0.00000110. The Morgan fingerprint density at radius 1 is 0.952 bits per heavy atom. The van der Waals surface area contributed by atoms with Crippen LogP contribution in [0, 0.1) is 5.82 Å². The first-order chi connectivity index (χ1) is 9.22. The molecule has 2 N–H and O–H groups in total. The molecule has 21 heavy (non-hydrogen) atoms. The molecule has 0 amide bonds. The fourth-order valence-electron chi connectivity index (χ4n) is 3.66. The van der Waals surface area contributed by atoms with E-state index in [1.165, 1.54) is 37.8 Å². The van der Waals surface area contributed by atoms with E-state index in [1.807, 2.05) is 12.1 Å². The summed E-state index contributed by atoms with van der Waals surface area (Å²) in [5, 5.41) is 0. The van der Waals surface area contributed by atoms with Crippen LogP contribution in [-0.2, 0) is 0 Å². The highest BCUT2D eigenvalue weighted by molar-refractivity contribution is 5.85. The maximum absolute atomic E-state index is 12.9. The number of hydrogen-bond acceptors (Lipinski definition) is 2. The van der Waals surface area contributed by atoms with E-state index in [2.05, 4.69) is 4.90 Å². The van der Waals surface area contributed by atoms with E-state index >= 15 is 0 Å². The lowest BCUT2D eigenvalue weighted by Crippen LogP contribution is -2.37. The Labute approximate surface area is 139 Å². The molecule has 5 heteroatoms. The van der Waals surface area contributed by atoms with Crippen LogP contribution in [0.3, 0.4) is 0 Å². The van der Waals surface area contributed by atoms with Gasteiger partial charge in [-0.2, -0.15) is 0 Å². The molecule has 1 heterocycles. The Morgan fingerprint density at radius 3 is 2.10 bits per heavy atom. The van der Waals surface area contributed by atoms with Gasteiger partial charge in [-0.05, 0) is 55.7 Å². The SMILES string of the molecule is Cl.Cl.N[C@@H]1CCN([C@H]2CC[C@H](c3ccc(F)cc3)CC2)C1. The highest BCUT2D eigenvalue weighted by atomic mass is 35.5. The summed E-state index contributed by atoms with van der Waals surface area (Å²) in [6.07, 6.45) is 6.12. The summed E-state index contributed by atoms with van der Waals surface area (Å²) in [6, 6.07) is 8.18. The first kappa shape index (κ1) is 18.7. The predicted molar refractivity (Wildman–Crippen MR) is 90.1 cm³/mol. The molecule has 1 atom stereocenters. The van der Waals surface area contributed by atoms with E-state index in [1.54, 1.807) is 12.1 Å². The van der Waals surface area contributed by atoms with Crippen molar-refractivity contribution in [1.29, 1.82) is 0 Å². The van der Waals surface area contributed by atoms with Crippen molar-refractivity contribution in [2.45, 2.75) is 50.1 Å². The van der Waals surface area contributed by atoms with Crippen LogP contribution in [0.2, 0.25) is 0 Å². The van der Waals surface area contributed by atoms with Crippen LogP contribution in [0.1, 0.15) is 43.6 Å². The summed E-state index contributed by atoms with van der Waals surface area (Å²) in [7, 11) is 0. The minimum absolute atomic E-state index is 0. The first-order valence-corrected chi connectivity index (χ1v) is 7.47. The maximum Gasteiger partial charge on any atom is 0.123 e. The molecule has 1 saturated carbocycles. The lowest BCUT2D eigenvalue weighted by molar-refractivity contribution is 0.180. The largest absolute Gasteiger partial charge is 0.326 e. The molecule has 0 aromatic heterocycles. The van der Waals surface area contributed by atoms with Crippen LogP contribution in [-0.4, -0.2) is 30.1 Å². The predicted octanol–water partition coefficient (Wildman–Crippen LogP) is 3.73. The van der Waals surface area contributed by atoms with Crippen LogP contribution < -0.4 is 5.73 Å². The molecule has 2 fully saturated rings. The van der Waals surface area contributed by atoms with Gasteiger partial charge in [-0.25, -0.2) is 4.39 Å². The standard InChI is InChI=1S/C16H23FN2.2ClH/c17-14-5-1-12(2-6-14)13-3-7-16(8-4-13)19-10-9-15(18)11-19;;/h1-2,5-6,13,15-16H,3-4,7-11,18H2;2*1H/t13-,15-,16-;;/m1../s1. The van der Waals surface area contributed by atoms with Crippen molar-refractivity contribution < 1.29 is 4.39 Å². The quantitative estimate of drug-likeness (QED) is 0.892. The number of hydrogen-bond donors (Lipinski definition) is 1. The molecule has 1 aromatic carbocycles. The minimum Gasteiger partial charge on any atom is -0.326 e. The van der Waals surface area contributed by atoms with Crippen molar-refractivity contribution in [3.63, 3.8) is 0 Å². The average molecular weight is 335 g/mol. The number of rotatable bonds is 2. The van der Waals surface area contributed by atoms with Crippen LogP contribution in [0.15, 0.2) is 24.3 Å². The molecule has 0 spiro atoms. The van der Waals surface area contributed by atoms with Crippen molar-refractivity contribution in [3.8, 4) is 0 Å². The van der Waals surface area contributed by atoms with Gasteiger partial charge >= 0.3 is 0 Å². The second kappa shape index (κ2) is 8.33. The second-order valence-corrected chi connectivity index (χ2v) is 6.10. The molecular formula is C16H25Cl2FN2. The van der Waals surface area contributed by atoms with Crippen molar-refractivity contribution >= 4 is 24.8 Å². The molecule has 2 nitrogen and oxygen atoms in total. The zero-order chi connectivity index (χ0) is 13.2. The number of benzene rings is 1. The van der Waals surface area contributed by atoms with Gasteiger partial charge in [-0.1, -0.05) is 12.1 Å². The molecule has 1 saturated heterocycles. The van der Waals surface area contributed by atoms with Crippen LogP contribution >= 0.6 is 24.8 Å². The van der Waals surface area contributed by atoms with Crippen LogP contribution in [0.5, 0.6) is 0 Å². The van der Waals surface area contributed by atoms with E-state index < -0.39 is 0 Å². The van der Waals surface area contributed by atoms with E-state index in [0.29, 0.717) is 12.0 Å². The molecule has 1 aliphatic carbocycles. The molecule has 3 rings (SSSR count). The lowest BCUT2D eigenvalue weighted by atomic mass is 9.81. The van der Waals surface area contributed by atoms with Gasteiger partial charge in [-0.15, -0.1) is 24.8 Å². The molecule has 0 unspecified atom stereocenters. The third-order valence-corrected chi connectivity index (χ3v) is 4.81. The van der Waals surface area contributed by atoms with Crippen LogP contribution in [0.4, 0.5) is 4.39 Å². The van der Waals surface area contributed by atoms with E-state index in [4.69, 9.17) is 5.73 Å². The zero-order valence-electron chi connectivity index (χ0n) is 12.2. The molecule has 0 bridgehead atoms. The zero-order valence-corrected chi connectivity index (χ0v) is 13.8. The molecule has 120 valence electrons. The van der Waals surface area contributed by atoms with Crippen molar-refractivity contribution in [2.24, 2.45) is 5.73 Å². The summed E-state index contributed by atoms with van der Waals surface area (Å²) in [6.45, 7) is 2.25. The van der Waals surface area contributed by atoms with Crippen molar-refractivity contribution in [3.05, 3.63) is 35.6 Å². The third kappa shape index (κ3) is 4.56. The van der Waals surface area contributed by atoms with E-state index in [-0.39, 0.29) is 30.6 Å². The van der Waals surface area contributed by atoms with Crippen LogP contribution in [0.25, 0.3) is 0 Å². The summed E-state index contributed by atoms with van der Waals surface area (Å²) in [5.41, 5.74) is 7.29. The highest BCUT2D eigenvalue weighted by Crippen LogP contribution is 2.35. The third-order valence-electron chi connectivity index (χ3n) is 4.81. The molecule has 1 aromatic rings. The topological polar surface area (TPSA) is 29.3 Å². The Bertz CT molecular complexity index is 419. The van der Waals surface area contributed by atoms with E-state index in [0.717, 1.165) is 19.0 Å². The fraction of sp³-hybridized carbons (Fsp3) is 0.625. The highest BCUT2D eigenvalue weighted by Gasteiger charge is 2.30. The molecule has 1 aliphatic heterocycles. The minimum atomic E-state index is -0.136. The summed E-state index contributed by atoms with van der Waals surface area (Å²) in [5.74, 6) is 0.483. The summed E-state index contributed by atoms with van der Waals surface area (Å²) < 4.78 is 12.9. The Kier molecular flexibility index (Phi) is 7.41. The fourth-order valence-corrected chi connectivity index (χ4v) is 3.66. The first-order valence-electron chi connectivity index (χ1n) is 7.47. The molecule has 2 aliphatic rings. The smallest absolute Gasteiger partial charge is 0.123 e. The summed E-state index contributed by atoms with van der Waals surface area (Å²) in [4.78, 5) is 2.57. The average Bonchev–Trinajstić information content (AvgIpc) is 2.87. The van der Waals surface area contributed by atoms with Gasteiger partial charge < -0.3 is 5.73 Å². The van der Waals surface area contributed by atoms with Gasteiger partial charge in [-0.3, -0.25) is 4.90 Å². The van der Waals surface area contributed by atoms with Crippen molar-refractivity contribution in [1.82, 2.24) is 4.90 Å². The number of halogens is 3. The Hall–Kier alpha value is -0.350. The van der Waals surface area contributed by atoms with Gasteiger partial charge in [0.15, 0.2) is 0 Å². The van der Waals surface area contributed by atoms with Gasteiger partial charge in [0.2, 0.25) is 0 Å². The monoisotopic (exact) mass is 334 g/mol. The number of nitrogens with zero attached hydrogens (tertiary/aromatic N) is 1. The number of nitrogens with two attached hydrogens (primary N) is 1. The van der Waals surface area contributed by atoms with Gasteiger partial charge in [0.25, 0.3) is 0 Å². The van der Waals surface area contributed by atoms with Gasteiger partial charge in [0, 0.05) is 25.2 Å². The second-order valence-electron chi connectivity index (χ2n) is 6.10. The summed E-state index contributed by atoms with van der Waals surface area (Å²) >= 11 is 0. The Morgan fingerprint density at radius 2 is 1.57 bits per heavy atom. The molecule has 0 radical (unpaired) electrons. The van der Waals surface area contributed by atoms with E-state index in [9.17, 15) is 4.39 Å². The van der Waals surface area contributed by atoms with Gasteiger partial charge in [0.1, 0.15) is 5.82 Å². The normalized spacial score (nSPS) is 29.5. The lowest BCUT2D eigenvalue weighted by Gasteiger charge is -2.34. The molecular weight excluding hydrogens is 310 g/mol.